The van der Waals surface area contributed by atoms with Crippen molar-refractivity contribution in [3.63, 3.8) is 0 Å². The predicted molar refractivity (Wildman–Crippen MR) is 96.6 cm³/mol. The number of fused-ring (bicyclic) bond motifs is 3. The van der Waals surface area contributed by atoms with Crippen LogP contribution in [0.25, 0.3) is 0 Å². The summed E-state index contributed by atoms with van der Waals surface area (Å²) in [5.74, 6) is -0.539. The van der Waals surface area contributed by atoms with Crippen LogP contribution in [-0.4, -0.2) is 34.9 Å². The molecule has 0 saturated carbocycles. The molecule has 0 unspecified atom stereocenters. The average molecular weight is 344 g/mol. The minimum Gasteiger partial charge on any atom is -0.269 e. The molecule has 0 spiro atoms. The highest BCUT2D eigenvalue weighted by atomic mass is 16.7. The Hall–Kier alpha value is -3.18. The fourth-order valence-corrected chi connectivity index (χ4v) is 3.71. The van der Waals surface area contributed by atoms with Gasteiger partial charge >= 0.3 is 0 Å². The van der Waals surface area contributed by atoms with Gasteiger partial charge in [0.2, 0.25) is 0 Å². The van der Waals surface area contributed by atoms with Gasteiger partial charge in [-0.15, -0.1) is 0 Å². The number of imide groups is 1. The van der Waals surface area contributed by atoms with Crippen molar-refractivity contribution < 1.29 is 14.4 Å². The predicted octanol–water partition coefficient (Wildman–Crippen LogP) is 2.97. The second-order valence-corrected chi connectivity index (χ2v) is 6.51. The molecule has 6 rings (SSSR count). The first kappa shape index (κ1) is 15.1. The van der Waals surface area contributed by atoms with Crippen molar-refractivity contribution in [1.82, 2.24) is 4.90 Å². The minimum absolute atomic E-state index is 0.0752. The lowest BCUT2D eigenvalue weighted by Crippen LogP contribution is -2.49. The van der Waals surface area contributed by atoms with E-state index in [1.165, 1.54) is 4.90 Å². The van der Waals surface area contributed by atoms with Crippen LogP contribution in [0.2, 0.25) is 0 Å². The minimum atomic E-state index is -0.475. The molecule has 2 bridgehead atoms. The molecule has 26 heavy (non-hydrogen) atoms. The molecular formula is C21H16N2O3. The number of anilines is 1. The number of amides is 2. The van der Waals surface area contributed by atoms with Crippen molar-refractivity contribution in [3.8, 4) is 0 Å². The summed E-state index contributed by atoms with van der Waals surface area (Å²) in [5, 5.41) is 1.82. The average Bonchev–Trinajstić information content (AvgIpc) is 2.86. The number of hydrogen-bond acceptors (Lipinski definition) is 4. The summed E-state index contributed by atoms with van der Waals surface area (Å²) in [6.45, 7) is 0. The Morgan fingerprint density at radius 1 is 0.731 bits per heavy atom. The van der Waals surface area contributed by atoms with E-state index in [1.807, 2.05) is 59.7 Å². The van der Waals surface area contributed by atoms with E-state index in [0.29, 0.717) is 11.1 Å². The molecule has 1 aliphatic carbocycles. The highest BCUT2D eigenvalue weighted by molar-refractivity contribution is 6.21. The standard InChI is InChI=1S/C21H16N2O3/c24-20-16-8-4-5-9-17(16)21(25)22(20)18-12-10-15-11-13-19(18)26-23(15)14-6-2-1-3-7-14/h1-13,15,18-19H/t15-,18-,19-/m1/s1. The monoisotopic (exact) mass is 344 g/mol. The lowest BCUT2D eigenvalue weighted by Gasteiger charge is -2.36. The van der Waals surface area contributed by atoms with Crippen LogP contribution in [0.1, 0.15) is 20.7 Å². The van der Waals surface area contributed by atoms with Gasteiger partial charge < -0.3 is 0 Å². The van der Waals surface area contributed by atoms with Crippen LogP contribution < -0.4 is 5.06 Å². The van der Waals surface area contributed by atoms with E-state index in [-0.39, 0.29) is 17.9 Å². The molecule has 3 heterocycles. The van der Waals surface area contributed by atoms with Gasteiger partial charge in [0.1, 0.15) is 6.10 Å². The summed E-state index contributed by atoms with van der Waals surface area (Å²) in [7, 11) is 0. The fourth-order valence-electron chi connectivity index (χ4n) is 3.71. The maximum atomic E-state index is 12.8. The van der Waals surface area contributed by atoms with Crippen molar-refractivity contribution in [2.45, 2.75) is 18.2 Å². The van der Waals surface area contributed by atoms with Gasteiger partial charge in [-0.1, -0.05) is 54.6 Å². The van der Waals surface area contributed by atoms with Crippen LogP contribution in [-0.2, 0) is 4.84 Å². The molecule has 2 aromatic carbocycles. The van der Waals surface area contributed by atoms with Gasteiger partial charge in [0.05, 0.1) is 28.9 Å². The first-order valence-corrected chi connectivity index (χ1v) is 8.59. The number of para-hydroxylation sites is 1. The second kappa shape index (κ2) is 5.68. The third kappa shape index (κ3) is 2.14. The first-order chi connectivity index (χ1) is 12.7. The Morgan fingerprint density at radius 3 is 2.04 bits per heavy atom. The molecule has 128 valence electrons. The summed E-state index contributed by atoms with van der Waals surface area (Å²) in [6.07, 6.45) is 7.42. The van der Waals surface area contributed by atoms with E-state index in [9.17, 15) is 9.59 Å². The van der Waals surface area contributed by atoms with Crippen molar-refractivity contribution in [3.05, 3.63) is 90.0 Å². The molecule has 0 N–H and O–H groups in total. The molecule has 0 fully saturated rings. The zero-order valence-electron chi connectivity index (χ0n) is 13.9. The quantitative estimate of drug-likeness (QED) is 0.621. The number of benzene rings is 2. The van der Waals surface area contributed by atoms with Crippen molar-refractivity contribution >= 4 is 17.5 Å². The number of hydrogen-bond donors (Lipinski definition) is 0. The van der Waals surface area contributed by atoms with Crippen molar-refractivity contribution in [2.75, 3.05) is 5.06 Å². The number of carbonyl (C=O) groups is 2. The molecule has 5 nitrogen and oxygen atoms in total. The summed E-state index contributed by atoms with van der Waals surface area (Å²) in [4.78, 5) is 33.1. The summed E-state index contributed by atoms with van der Waals surface area (Å²) >= 11 is 0. The normalized spacial score (nSPS) is 26.4. The summed E-state index contributed by atoms with van der Waals surface area (Å²) < 4.78 is 0. The molecule has 0 saturated heterocycles. The highest BCUT2D eigenvalue weighted by Gasteiger charge is 2.44. The Labute approximate surface area is 150 Å². The van der Waals surface area contributed by atoms with Gasteiger partial charge in [-0.05, 0) is 24.3 Å². The van der Waals surface area contributed by atoms with E-state index in [2.05, 4.69) is 0 Å². The van der Waals surface area contributed by atoms with Gasteiger partial charge in [0.15, 0.2) is 0 Å². The zero-order valence-corrected chi connectivity index (χ0v) is 13.9. The smallest absolute Gasteiger partial charge is 0.262 e. The number of nitrogens with zero attached hydrogens (tertiary/aromatic N) is 2. The van der Waals surface area contributed by atoms with Crippen LogP contribution in [0, 0.1) is 0 Å². The van der Waals surface area contributed by atoms with Crippen molar-refractivity contribution in [2.24, 2.45) is 0 Å². The third-order valence-corrected chi connectivity index (χ3v) is 4.98. The van der Waals surface area contributed by atoms with Gasteiger partial charge in [-0.25, -0.2) is 5.06 Å². The van der Waals surface area contributed by atoms with Crippen LogP contribution in [0.3, 0.4) is 0 Å². The Balaban J connectivity index is 1.49. The Bertz CT molecular complexity index is 916. The molecule has 4 aliphatic rings. The largest absolute Gasteiger partial charge is 0.269 e. The maximum absolute atomic E-state index is 12.8. The van der Waals surface area contributed by atoms with E-state index in [1.54, 1.807) is 24.3 Å². The molecular weight excluding hydrogens is 328 g/mol. The number of hydroxylamine groups is 1. The summed E-state index contributed by atoms with van der Waals surface area (Å²) in [5.41, 5.74) is 1.83. The fraction of sp³-hybridized carbons (Fsp3) is 0.143. The number of rotatable bonds is 2. The molecule has 2 amide bonds. The van der Waals surface area contributed by atoms with Gasteiger partial charge in [-0.2, -0.15) is 0 Å². The maximum Gasteiger partial charge on any atom is 0.262 e. The molecule has 3 aliphatic heterocycles. The van der Waals surface area contributed by atoms with E-state index >= 15 is 0 Å². The lowest BCUT2D eigenvalue weighted by molar-refractivity contribution is 0.0118. The van der Waals surface area contributed by atoms with E-state index in [0.717, 1.165) is 5.69 Å². The molecule has 0 radical (unpaired) electrons. The van der Waals surface area contributed by atoms with Crippen molar-refractivity contribution in [1.29, 1.82) is 0 Å². The molecule has 2 aromatic rings. The van der Waals surface area contributed by atoms with Crippen LogP contribution >= 0.6 is 0 Å². The van der Waals surface area contributed by atoms with Gasteiger partial charge in [0.25, 0.3) is 11.8 Å². The zero-order chi connectivity index (χ0) is 17.7. The highest BCUT2D eigenvalue weighted by Crippen LogP contribution is 2.33. The van der Waals surface area contributed by atoms with Crippen LogP contribution in [0.4, 0.5) is 5.69 Å². The molecule has 3 atom stereocenters. The van der Waals surface area contributed by atoms with E-state index in [4.69, 9.17) is 4.84 Å². The Kier molecular flexibility index (Phi) is 3.30. The first-order valence-electron chi connectivity index (χ1n) is 8.59. The molecule has 0 aromatic heterocycles. The number of carbonyl (C=O) groups excluding carboxylic acids is 2. The van der Waals surface area contributed by atoms with Gasteiger partial charge in [0, 0.05) is 0 Å². The van der Waals surface area contributed by atoms with E-state index < -0.39 is 12.1 Å². The van der Waals surface area contributed by atoms with Gasteiger partial charge in [-0.3, -0.25) is 19.3 Å². The SMILES string of the molecule is O=C1c2ccccc2C(=O)N1[C@@H]1C=C[C@@H]2C=C[C@H]1ON2c1ccccc1. The second-order valence-electron chi connectivity index (χ2n) is 6.51. The Morgan fingerprint density at radius 2 is 1.35 bits per heavy atom. The lowest BCUT2D eigenvalue weighted by atomic mass is 10.1. The molecule has 5 heteroatoms. The topological polar surface area (TPSA) is 49.9 Å². The third-order valence-electron chi connectivity index (χ3n) is 4.98. The van der Waals surface area contributed by atoms with Crippen LogP contribution in [0.5, 0.6) is 0 Å². The summed E-state index contributed by atoms with van der Waals surface area (Å²) in [6, 6.07) is 16.2. The van der Waals surface area contributed by atoms with Crippen LogP contribution in [0.15, 0.2) is 78.9 Å².